The standard InChI is InChI=1S/C16H13ClN2O3S/c17-8-16(20)19-12(7-11(18-19)15-2-1-5-23-15)10-3-4-13-14(6-10)22-9-21-13/h1-6,12H,7-9H2. The number of ether oxygens (including phenoxy) is 2. The van der Waals surface area contributed by atoms with Crippen molar-refractivity contribution < 1.29 is 14.3 Å². The van der Waals surface area contributed by atoms with E-state index in [1.165, 1.54) is 5.01 Å². The van der Waals surface area contributed by atoms with Gasteiger partial charge in [0.25, 0.3) is 5.91 Å². The zero-order valence-electron chi connectivity index (χ0n) is 12.1. The van der Waals surface area contributed by atoms with E-state index in [0.29, 0.717) is 12.2 Å². The Morgan fingerprint density at radius 3 is 3.00 bits per heavy atom. The molecule has 2 aliphatic heterocycles. The van der Waals surface area contributed by atoms with Crippen LogP contribution in [0.1, 0.15) is 22.9 Å². The second-order valence-corrected chi connectivity index (χ2v) is 6.44. The summed E-state index contributed by atoms with van der Waals surface area (Å²) in [6.07, 6.45) is 0.656. The first-order valence-corrected chi connectivity index (χ1v) is 8.56. The summed E-state index contributed by atoms with van der Waals surface area (Å²) >= 11 is 7.36. The first-order chi connectivity index (χ1) is 11.3. The van der Waals surface area contributed by atoms with Gasteiger partial charge in [0, 0.05) is 6.42 Å². The smallest absolute Gasteiger partial charge is 0.258 e. The zero-order chi connectivity index (χ0) is 15.8. The van der Waals surface area contributed by atoms with E-state index in [4.69, 9.17) is 21.1 Å². The van der Waals surface area contributed by atoms with Crippen molar-refractivity contribution in [2.75, 3.05) is 12.7 Å². The molecule has 0 saturated carbocycles. The molecule has 3 heterocycles. The predicted molar refractivity (Wildman–Crippen MR) is 88.3 cm³/mol. The maximum atomic E-state index is 12.2. The van der Waals surface area contributed by atoms with Crippen LogP contribution in [0.25, 0.3) is 0 Å². The number of fused-ring (bicyclic) bond motifs is 1. The van der Waals surface area contributed by atoms with Gasteiger partial charge in [-0.05, 0) is 29.1 Å². The molecule has 0 spiro atoms. The molecule has 1 amide bonds. The molecule has 2 aliphatic rings. The summed E-state index contributed by atoms with van der Waals surface area (Å²) in [6.45, 7) is 0.227. The third-order valence-corrected chi connectivity index (χ3v) is 5.01. The lowest BCUT2D eigenvalue weighted by Gasteiger charge is -2.21. The van der Waals surface area contributed by atoms with Crippen LogP contribution in [-0.2, 0) is 4.79 Å². The molecule has 0 saturated heterocycles. The number of hydrogen-bond acceptors (Lipinski definition) is 5. The second kappa shape index (κ2) is 5.86. The summed E-state index contributed by atoms with van der Waals surface area (Å²) in [5.74, 6) is 1.12. The van der Waals surface area contributed by atoms with Crippen molar-refractivity contribution in [2.24, 2.45) is 5.10 Å². The number of alkyl halides is 1. The lowest BCUT2D eigenvalue weighted by Crippen LogP contribution is -2.27. The average Bonchev–Trinajstić information content (AvgIpc) is 3.31. The minimum atomic E-state index is -0.208. The molecule has 1 aromatic heterocycles. The van der Waals surface area contributed by atoms with Gasteiger partial charge < -0.3 is 9.47 Å². The van der Waals surface area contributed by atoms with Gasteiger partial charge in [-0.2, -0.15) is 5.10 Å². The van der Waals surface area contributed by atoms with Crippen LogP contribution in [0.15, 0.2) is 40.8 Å². The molecular formula is C16H13ClN2O3S. The Hall–Kier alpha value is -2.05. The largest absolute Gasteiger partial charge is 0.454 e. The lowest BCUT2D eigenvalue weighted by atomic mass is 10.0. The SMILES string of the molecule is O=C(CCl)N1N=C(c2cccs2)CC1c1ccc2c(c1)OCO2. The quantitative estimate of drug-likeness (QED) is 0.799. The minimum Gasteiger partial charge on any atom is -0.454 e. The number of thiophene rings is 1. The molecule has 23 heavy (non-hydrogen) atoms. The summed E-state index contributed by atoms with van der Waals surface area (Å²) in [7, 11) is 0. The van der Waals surface area contributed by atoms with Gasteiger partial charge in [0.15, 0.2) is 11.5 Å². The fraction of sp³-hybridized carbons (Fsp3) is 0.250. The number of carbonyl (C=O) groups excluding carboxylic acids is 1. The van der Waals surface area contributed by atoms with E-state index in [0.717, 1.165) is 21.9 Å². The molecule has 4 rings (SSSR count). The Bertz CT molecular complexity index is 776. The number of benzene rings is 1. The van der Waals surface area contributed by atoms with E-state index >= 15 is 0 Å². The van der Waals surface area contributed by atoms with Gasteiger partial charge in [0.1, 0.15) is 5.88 Å². The summed E-state index contributed by atoms with van der Waals surface area (Å²) in [5.41, 5.74) is 1.86. The third-order valence-electron chi connectivity index (χ3n) is 3.87. The highest BCUT2D eigenvalue weighted by atomic mass is 35.5. The van der Waals surface area contributed by atoms with Crippen LogP contribution in [0.5, 0.6) is 11.5 Å². The Labute approximate surface area is 142 Å². The summed E-state index contributed by atoms with van der Waals surface area (Å²) < 4.78 is 10.8. The van der Waals surface area contributed by atoms with Crippen molar-refractivity contribution in [3.63, 3.8) is 0 Å². The molecular weight excluding hydrogens is 336 g/mol. The first-order valence-electron chi connectivity index (χ1n) is 7.15. The van der Waals surface area contributed by atoms with Crippen LogP contribution in [-0.4, -0.2) is 29.3 Å². The summed E-state index contributed by atoms with van der Waals surface area (Å²) in [4.78, 5) is 13.3. The molecule has 0 fully saturated rings. The topological polar surface area (TPSA) is 51.1 Å². The molecule has 0 N–H and O–H groups in total. The highest BCUT2D eigenvalue weighted by Crippen LogP contribution is 2.39. The van der Waals surface area contributed by atoms with E-state index in [1.807, 2.05) is 35.7 Å². The van der Waals surface area contributed by atoms with Gasteiger partial charge in [0.05, 0.1) is 16.6 Å². The molecule has 118 valence electrons. The maximum Gasteiger partial charge on any atom is 0.258 e. The number of hydrazone groups is 1. The predicted octanol–water partition coefficient (Wildman–Crippen LogP) is 3.39. The zero-order valence-corrected chi connectivity index (χ0v) is 13.6. The van der Waals surface area contributed by atoms with Crippen LogP contribution >= 0.6 is 22.9 Å². The Morgan fingerprint density at radius 2 is 2.22 bits per heavy atom. The normalized spacial score (nSPS) is 19.1. The van der Waals surface area contributed by atoms with Gasteiger partial charge >= 0.3 is 0 Å². The van der Waals surface area contributed by atoms with Gasteiger partial charge in [-0.15, -0.1) is 22.9 Å². The van der Waals surface area contributed by atoms with E-state index in [9.17, 15) is 4.79 Å². The highest BCUT2D eigenvalue weighted by Gasteiger charge is 2.33. The fourth-order valence-corrected chi connectivity index (χ4v) is 3.62. The van der Waals surface area contributed by atoms with Crippen molar-refractivity contribution in [3.05, 3.63) is 46.2 Å². The van der Waals surface area contributed by atoms with Gasteiger partial charge in [-0.25, -0.2) is 5.01 Å². The maximum absolute atomic E-state index is 12.2. The van der Waals surface area contributed by atoms with Gasteiger partial charge in [-0.3, -0.25) is 4.79 Å². The van der Waals surface area contributed by atoms with Crippen LogP contribution in [0.2, 0.25) is 0 Å². The first kappa shape index (κ1) is 14.5. The average molecular weight is 349 g/mol. The Balaban J connectivity index is 1.68. The van der Waals surface area contributed by atoms with Crippen molar-refractivity contribution in [1.29, 1.82) is 0 Å². The van der Waals surface area contributed by atoms with Crippen LogP contribution in [0.3, 0.4) is 0 Å². The number of nitrogens with zero attached hydrogens (tertiary/aromatic N) is 2. The lowest BCUT2D eigenvalue weighted by molar-refractivity contribution is -0.130. The molecule has 0 bridgehead atoms. The van der Waals surface area contributed by atoms with E-state index in [2.05, 4.69) is 5.10 Å². The second-order valence-electron chi connectivity index (χ2n) is 5.23. The molecule has 1 unspecified atom stereocenters. The number of halogens is 1. The van der Waals surface area contributed by atoms with Crippen LogP contribution < -0.4 is 9.47 Å². The van der Waals surface area contributed by atoms with Crippen molar-refractivity contribution in [3.8, 4) is 11.5 Å². The van der Waals surface area contributed by atoms with E-state index in [1.54, 1.807) is 11.3 Å². The summed E-state index contributed by atoms with van der Waals surface area (Å²) in [6, 6.07) is 9.53. The van der Waals surface area contributed by atoms with Gasteiger partial charge in [0.2, 0.25) is 6.79 Å². The summed E-state index contributed by atoms with van der Waals surface area (Å²) in [5, 5.41) is 7.99. The number of carbonyl (C=O) groups is 1. The van der Waals surface area contributed by atoms with E-state index < -0.39 is 0 Å². The van der Waals surface area contributed by atoms with Crippen molar-refractivity contribution >= 4 is 34.6 Å². The minimum absolute atomic E-state index is 0.0950. The highest BCUT2D eigenvalue weighted by molar-refractivity contribution is 7.12. The molecule has 1 aromatic carbocycles. The third kappa shape index (κ3) is 2.58. The Morgan fingerprint density at radius 1 is 1.35 bits per heavy atom. The number of amides is 1. The number of rotatable bonds is 3. The van der Waals surface area contributed by atoms with Crippen LogP contribution in [0, 0.1) is 0 Å². The van der Waals surface area contributed by atoms with E-state index in [-0.39, 0.29) is 24.6 Å². The molecule has 7 heteroatoms. The molecule has 2 aromatic rings. The molecule has 5 nitrogen and oxygen atoms in total. The van der Waals surface area contributed by atoms with Crippen molar-refractivity contribution in [2.45, 2.75) is 12.5 Å². The Kier molecular flexibility index (Phi) is 3.71. The van der Waals surface area contributed by atoms with Crippen LogP contribution in [0.4, 0.5) is 0 Å². The molecule has 0 radical (unpaired) electrons. The van der Waals surface area contributed by atoms with Crippen molar-refractivity contribution in [1.82, 2.24) is 5.01 Å². The fourth-order valence-electron chi connectivity index (χ4n) is 2.77. The monoisotopic (exact) mass is 348 g/mol. The van der Waals surface area contributed by atoms with Gasteiger partial charge in [-0.1, -0.05) is 12.1 Å². The molecule has 1 atom stereocenters. The molecule has 0 aliphatic carbocycles. The number of hydrogen-bond donors (Lipinski definition) is 0.